The fraction of sp³-hybridized carbons (Fsp3) is 0.650. The van der Waals surface area contributed by atoms with Crippen molar-refractivity contribution in [2.24, 2.45) is 4.99 Å². The lowest BCUT2D eigenvalue weighted by molar-refractivity contribution is 0.203. The van der Waals surface area contributed by atoms with E-state index < -0.39 is 0 Å². The molecule has 1 aromatic rings. The van der Waals surface area contributed by atoms with Crippen LogP contribution < -0.4 is 15.4 Å². The number of hydrogen-bond donors (Lipinski definition) is 2. The number of likely N-dealkylation sites (tertiary alicyclic amines) is 1. The van der Waals surface area contributed by atoms with Crippen molar-refractivity contribution in [3.8, 4) is 5.75 Å². The minimum atomic E-state index is 0.503. The Bertz CT molecular complexity index is 571. The van der Waals surface area contributed by atoms with Crippen LogP contribution in [0.4, 0.5) is 0 Å². The smallest absolute Gasteiger partial charge is 0.191 e. The first-order valence-electron chi connectivity index (χ1n) is 9.68. The summed E-state index contributed by atoms with van der Waals surface area (Å²) in [7, 11) is 3.48. The molecule has 0 aliphatic carbocycles. The minimum Gasteiger partial charge on any atom is -0.497 e. The summed E-state index contributed by atoms with van der Waals surface area (Å²) in [5.41, 5.74) is 1.11. The molecule has 0 radical (unpaired) electrons. The molecule has 2 rings (SSSR count). The van der Waals surface area contributed by atoms with Gasteiger partial charge in [0.25, 0.3) is 0 Å². The Morgan fingerprint density at radius 3 is 2.73 bits per heavy atom. The zero-order valence-corrected chi connectivity index (χ0v) is 17.1. The normalized spacial score (nSPS) is 16.5. The summed E-state index contributed by atoms with van der Waals surface area (Å²) in [4.78, 5) is 6.93. The highest BCUT2D eigenvalue weighted by atomic mass is 35.5. The Morgan fingerprint density at radius 1 is 1.35 bits per heavy atom. The lowest BCUT2D eigenvalue weighted by Gasteiger charge is -2.33. The first-order valence-corrected chi connectivity index (χ1v) is 10.1. The van der Waals surface area contributed by atoms with E-state index >= 15 is 0 Å². The Labute approximate surface area is 163 Å². The molecular weight excluding hydrogens is 348 g/mol. The van der Waals surface area contributed by atoms with Crippen LogP contribution in [0, 0.1) is 0 Å². The molecule has 0 bridgehead atoms. The maximum absolute atomic E-state index is 6.30. The predicted octanol–water partition coefficient (Wildman–Crippen LogP) is 3.32. The monoisotopic (exact) mass is 380 g/mol. The number of rotatable bonds is 8. The van der Waals surface area contributed by atoms with E-state index in [0.29, 0.717) is 6.04 Å². The second kappa shape index (κ2) is 11.3. The third-order valence-electron chi connectivity index (χ3n) is 4.93. The summed E-state index contributed by atoms with van der Waals surface area (Å²) in [6.07, 6.45) is 5.77. The van der Waals surface area contributed by atoms with Gasteiger partial charge in [0.15, 0.2) is 5.96 Å². The molecule has 0 amide bonds. The van der Waals surface area contributed by atoms with Crippen LogP contribution in [-0.4, -0.2) is 57.2 Å². The van der Waals surface area contributed by atoms with Crippen molar-refractivity contribution in [1.82, 2.24) is 15.5 Å². The van der Waals surface area contributed by atoms with Crippen molar-refractivity contribution in [3.63, 3.8) is 0 Å². The number of nitrogens with zero attached hydrogens (tertiary/aromatic N) is 2. The summed E-state index contributed by atoms with van der Waals surface area (Å²) in [6, 6.07) is 6.32. The summed E-state index contributed by atoms with van der Waals surface area (Å²) in [5.74, 6) is 1.66. The molecule has 1 heterocycles. The van der Waals surface area contributed by atoms with Crippen LogP contribution in [0.15, 0.2) is 23.2 Å². The number of piperidine rings is 1. The third-order valence-corrected chi connectivity index (χ3v) is 5.28. The fourth-order valence-electron chi connectivity index (χ4n) is 3.24. The van der Waals surface area contributed by atoms with Crippen molar-refractivity contribution in [2.75, 3.05) is 40.3 Å². The second-order valence-corrected chi connectivity index (χ2v) is 7.23. The van der Waals surface area contributed by atoms with Crippen molar-refractivity contribution in [3.05, 3.63) is 28.8 Å². The van der Waals surface area contributed by atoms with Gasteiger partial charge in [0.1, 0.15) is 5.75 Å². The van der Waals surface area contributed by atoms with E-state index in [1.54, 1.807) is 7.11 Å². The van der Waals surface area contributed by atoms with Gasteiger partial charge in [-0.2, -0.15) is 0 Å². The van der Waals surface area contributed by atoms with Crippen LogP contribution in [0.1, 0.15) is 38.2 Å². The van der Waals surface area contributed by atoms with Crippen LogP contribution in [-0.2, 0) is 6.42 Å². The standard InChI is InChI=1S/C20H33ClN4O/c1-4-5-12-25-13-9-17(10-14-25)24-20(22-2)23-11-8-16-6-7-18(26-3)15-19(16)21/h6-7,15,17H,4-5,8-14H2,1-3H3,(H2,22,23,24). The number of nitrogens with one attached hydrogen (secondary N) is 2. The van der Waals surface area contributed by atoms with Crippen LogP contribution >= 0.6 is 11.6 Å². The highest BCUT2D eigenvalue weighted by Crippen LogP contribution is 2.22. The van der Waals surface area contributed by atoms with Crippen molar-refractivity contribution >= 4 is 17.6 Å². The molecule has 0 unspecified atom stereocenters. The first-order chi connectivity index (χ1) is 12.7. The quantitative estimate of drug-likeness (QED) is 0.536. The van der Waals surface area contributed by atoms with Crippen molar-refractivity contribution in [2.45, 2.75) is 45.1 Å². The van der Waals surface area contributed by atoms with E-state index in [-0.39, 0.29) is 0 Å². The number of halogens is 1. The molecule has 0 aromatic heterocycles. The lowest BCUT2D eigenvalue weighted by Crippen LogP contribution is -2.49. The number of aliphatic imine (C=N–C) groups is 1. The Hall–Kier alpha value is -1.46. The predicted molar refractivity (Wildman–Crippen MR) is 111 cm³/mol. The van der Waals surface area contributed by atoms with Gasteiger partial charge in [-0.25, -0.2) is 0 Å². The Balaban J connectivity index is 1.71. The molecule has 2 N–H and O–H groups in total. The highest BCUT2D eigenvalue weighted by molar-refractivity contribution is 6.31. The molecule has 1 aliphatic rings. The zero-order valence-electron chi connectivity index (χ0n) is 16.4. The number of hydrogen-bond acceptors (Lipinski definition) is 3. The van der Waals surface area contributed by atoms with Gasteiger partial charge in [-0.05, 0) is 49.9 Å². The minimum absolute atomic E-state index is 0.503. The number of ether oxygens (including phenoxy) is 1. The maximum Gasteiger partial charge on any atom is 0.191 e. The van der Waals surface area contributed by atoms with E-state index in [4.69, 9.17) is 16.3 Å². The summed E-state index contributed by atoms with van der Waals surface area (Å²) in [5, 5.41) is 7.71. The second-order valence-electron chi connectivity index (χ2n) is 6.82. The largest absolute Gasteiger partial charge is 0.497 e. The topological polar surface area (TPSA) is 48.9 Å². The van der Waals surface area contributed by atoms with Crippen LogP contribution in [0.25, 0.3) is 0 Å². The SMILES string of the molecule is CCCCN1CCC(NC(=NC)NCCc2ccc(OC)cc2Cl)CC1. The van der Waals surface area contributed by atoms with Gasteiger partial charge >= 0.3 is 0 Å². The molecule has 0 atom stereocenters. The van der Waals surface area contributed by atoms with Crippen molar-refractivity contribution in [1.29, 1.82) is 0 Å². The van der Waals surface area contributed by atoms with Crippen LogP contribution in [0.3, 0.4) is 0 Å². The van der Waals surface area contributed by atoms with Gasteiger partial charge in [-0.3, -0.25) is 4.99 Å². The molecule has 5 nitrogen and oxygen atoms in total. The van der Waals surface area contributed by atoms with Gasteiger partial charge < -0.3 is 20.3 Å². The molecule has 6 heteroatoms. The molecule has 1 aliphatic heterocycles. The number of methoxy groups -OCH3 is 1. The van der Waals surface area contributed by atoms with Gasteiger partial charge in [0, 0.05) is 37.7 Å². The Morgan fingerprint density at radius 2 is 2.12 bits per heavy atom. The molecule has 0 saturated carbocycles. The van der Waals surface area contributed by atoms with Gasteiger partial charge in [-0.1, -0.05) is 31.0 Å². The lowest BCUT2D eigenvalue weighted by atomic mass is 10.0. The molecule has 1 fully saturated rings. The van der Waals surface area contributed by atoms with Crippen LogP contribution in [0.5, 0.6) is 5.75 Å². The third kappa shape index (κ3) is 6.69. The summed E-state index contributed by atoms with van der Waals surface area (Å²) < 4.78 is 5.19. The molecule has 0 spiro atoms. The van der Waals surface area contributed by atoms with Gasteiger partial charge in [0.2, 0.25) is 0 Å². The average Bonchev–Trinajstić information content (AvgIpc) is 2.67. The molecule has 146 valence electrons. The van der Waals surface area contributed by atoms with Crippen molar-refractivity contribution < 1.29 is 4.74 Å². The van der Waals surface area contributed by atoms with Gasteiger partial charge in [0.05, 0.1) is 7.11 Å². The first kappa shape index (κ1) is 20.8. The van der Waals surface area contributed by atoms with E-state index in [2.05, 4.69) is 27.4 Å². The number of benzene rings is 1. The fourth-order valence-corrected chi connectivity index (χ4v) is 3.51. The van der Waals surface area contributed by atoms with E-state index in [1.165, 1.54) is 45.3 Å². The van der Waals surface area contributed by atoms with E-state index in [1.807, 2.05) is 25.2 Å². The van der Waals surface area contributed by atoms with Gasteiger partial charge in [-0.15, -0.1) is 0 Å². The van der Waals surface area contributed by atoms with E-state index in [9.17, 15) is 0 Å². The molecule has 1 aromatic carbocycles. The maximum atomic E-state index is 6.30. The zero-order chi connectivity index (χ0) is 18.8. The molecular formula is C20H33ClN4O. The van der Waals surface area contributed by atoms with E-state index in [0.717, 1.165) is 35.3 Å². The Kier molecular flexibility index (Phi) is 9.06. The molecule has 26 heavy (non-hydrogen) atoms. The summed E-state index contributed by atoms with van der Waals surface area (Å²) in [6.45, 7) is 6.63. The average molecular weight is 381 g/mol. The summed E-state index contributed by atoms with van der Waals surface area (Å²) >= 11 is 6.30. The number of guanidine groups is 1. The number of unbranched alkanes of at least 4 members (excludes halogenated alkanes) is 1. The molecule has 1 saturated heterocycles. The highest BCUT2D eigenvalue weighted by Gasteiger charge is 2.19. The van der Waals surface area contributed by atoms with Crippen LogP contribution in [0.2, 0.25) is 5.02 Å².